The highest BCUT2D eigenvalue weighted by atomic mass is 19.4. The van der Waals surface area contributed by atoms with Crippen molar-refractivity contribution < 1.29 is 27.5 Å². The number of fused-ring (bicyclic) bond motifs is 1. The Labute approximate surface area is 203 Å². The maximum atomic E-state index is 13.2. The van der Waals surface area contributed by atoms with Crippen LogP contribution in [0.2, 0.25) is 0 Å². The lowest BCUT2D eigenvalue weighted by molar-refractivity contribution is -0.137. The molecule has 0 amide bonds. The number of rotatable bonds is 7. The molecule has 0 radical (unpaired) electrons. The van der Waals surface area contributed by atoms with E-state index in [2.05, 4.69) is 20.1 Å². The third-order valence-corrected chi connectivity index (χ3v) is 5.37. The van der Waals surface area contributed by atoms with Gasteiger partial charge in [-0.1, -0.05) is 5.16 Å². The summed E-state index contributed by atoms with van der Waals surface area (Å²) in [6.07, 6.45) is -0.216. The Balaban J connectivity index is 1.56. The van der Waals surface area contributed by atoms with Crippen molar-refractivity contribution in [2.45, 2.75) is 26.1 Å². The Bertz CT molecular complexity index is 1470. The van der Waals surface area contributed by atoms with Gasteiger partial charge >= 0.3 is 6.18 Å². The van der Waals surface area contributed by atoms with Crippen molar-refractivity contribution in [2.24, 2.45) is 17.9 Å². The molecule has 0 aliphatic carbocycles. The first-order chi connectivity index (χ1) is 17.0. The molecule has 1 unspecified atom stereocenters. The SMILES string of the molecule is COc1nc(/C(N)=N/OC(C)C(=O)c2cn(C)c3ncc(C(F)(F)F)cc23)ccc1-n1cnc(C)c1. The van der Waals surface area contributed by atoms with E-state index in [9.17, 15) is 18.0 Å². The van der Waals surface area contributed by atoms with Crippen LogP contribution in [0.15, 0.2) is 48.3 Å². The molecule has 4 heterocycles. The molecule has 13 heteroatoms. The molecule has 0 saturated heterocycles. The molecule has 0 saturated carbocycles. The van der Waals surface area contributed by atoms with E-state index < -0.39 is 23.6 Å². The Kier molecular flexibility index (Phi) is 6.39. The molecule has 2 N–H and O–H groups in total. The van der Waals surface area contributed by atoms with Gasteiger partial charge in [-0.25, -0.2) is 15.0 Å². The summed E-state index contributed by atoms with van der Waals surface area (Å²) in [6.45, 7) is 3.26. The van der Waals surface area contributed by atoms with Gasteiger partial charge in [0.25, 0.3) is 0 Å². The maximum Gasteiger partial charge on any atom is 0.417 e. The summed E-state index contributed by atoms with van der Waals surface area (Å²) in [5, 5.41) is 3.86. The second-order valence-corrected chi connectivity index (χ2v) is 7.98. The van der Waals surface area contributed by atoms with Gasteiger partial charge in [0.15, 0.2) is 11.9 Å². The summed E-state index contributed by atoms with van der Waals surface area (Å²) < 4.78 is 48.0. The number of pyridine rings is 2. The molecule has 0 fully saturated rings. The Morgan fingerprint density at radius 3 is 2.61 bits per heavy atom. The van der Waals surface area contributed by atoms with Crippen molar-refractivity contribution in [2.75, 3.05) is 7.11 Å². The van der Waals surface area contributed by atoms with Crippen LogP contribution >= 0.6 is 0 Å². The summed E-state index contributed by atoms with van der Waals surface area (Å²) in [5.74, 6) is -0.453. The van der Waals surface area contributed by atoms with Crippen LogP contribution in [0.4, 0.5) is 13.2 Å². The molecule has 4 aromatic heterocycles. The lowest BCUT2D eigenvalue weighted by atomic mass is 10.1. The summed E-state index contributed by atoms with van der Waals surface area (Å²) in [4.78, 5) is 30.6. The van der Waals surface area contributed by atoms with E-state index in [0.717, 1.165) is 18.0 Å². The molecule has 36 heavy (non-hydrogen) atoms. The first-order valence-electron chi connectivity index (χ1n) is 10.6. The number of alkyl halides is 3. The monoisotopic (exact) mass is 501 g/mol. The number of ketones is 1. The number of nitrogens with two attached hydrogens (primary N) is 1. The van der Waals surface area contributed by atoms with Gasteiger partial charge in [-0.15, -0.1) is 0 Å². The van der Waals surface area contributed by atoms with Crippen LogP contribution in [0.25, 0.3) is 16.7 Å². The minimum absolute atomic E-state index is 0.0205. The second kappa shape index (κ2) is 9.32. The quantitative estimate of drug-likeness (QED) is 0.178. The van der Waals surface area contributed by atoms with Gasteiger partial charge in [0.2, 0.25) is 11.7 Å². The lowest BCUT2D eigenvalue weighted by Gasteiger charge is -2.11. The number of nitrogens with zero attached hydrogens (tertiary/aromatic N) is 6. The van der Waals surface area contributed by atoms with Crippen molar-refractivity contribution in [3.05, 3.63) is 65.6 Å². The minimum atomic E-state index is -4.60. The van der Waals surface area contributed by atoms with Crippen molar-refractivity contribution in [3.8, 4) is 11.6 Å². The standard InChI is InChI=1S/C23H22F3N7O3/c1-12-9-33(11-29-12)18-6-5-17(30-22(18)35-4)20(27)31-36-13(2)19(34)16-10-32(3)21-15(16)7-14(8-28-21)23(24,25)26/h5-11,13H,1-4H3,(H2,27,31). The summed E-state index contributed by atoms with van der Waals surface area (Å²) in [6, 6.07) is 4.19. The molecule has 0 bridgehead atoms. The van der Waals surface area contributed by atoms with E-state index >= 15 is 0 Å². The van der Waals surface area contributed by atoms with E-state index in [1.54, 1.807) is 36.3 Å². The minimum Gasteiger partial charge on any atom is -0.479 e. The number of hydrogen-bond acceptors (Lipinski definition) is 7. The van der Waals surface area contributed by atoms with E-state index in [1.807, 2.05) is 6.92 Å². The first-order valence-corrected chi connectivity index (χ1v) is 10.6. The van der Waals surface area contributed by atoms with Crippen molar-refractivity contribution in [3.63, 3.8) is 0 Å². The van der Waals surface area contributed by atoms with E-state index in [4.69, 9.17) is 15.3 Å². The van der Waals surface area contributed by atoms with Gasteiger partial charge in [-0.3, -0.25) is 4.79 Å². The fourth-order valence-electron chi connectivity index (χ4n) is 3.54. The number of aromatic nitrogens is 5. The molecule has 0 aliphatic rings. The normalized spacial score (nSPS) is 13.1. The summed E-state index contributed by atoms with van der Waals surface area (Å²) in [5.41, 5.74) is 6.96. The third-order valence-electron chi connectivity index (χ3n) is 5.37. The van der Waals surface area contributed by atoms with E-state index in [1.165, 1.54) is 24.8 Å². The Hall–Kier alpha value is -4.42. The number of Topliss-reactive ketones (excluding diaryl/α,β-unsaturated/α-hetero) is 1. The van der Waals surface area contributed by atoms with Gasteiger partial charge in [0.1, 0.15) is 17.0 Å². The van der Waals surface area contributed by atoms with E-state index in [-0.39, 0.29) is 34.0 Å². The largest absolute Gasteiger partial charge is 0.479 e. The molecular formula is C23H22F3N7O3. The zero-order chi connectivity index (χ0) is 26.2. The highest BCUT2D eigenvalue weighted by molar-refractivity contribution is 6.09. The van der Waals surface area contributed by atoms with E-state index in [0.29, 0.717) is 5.69 Å². The molecule has 0 aliphatic heterocycles. The molecule has 188 valence electrons. The van der Waals surface area contributed by atoms with Crippen LogP contribution in [-0.2, 0) is 18.1 Å². The van der Waals surface area contributed by atoms with Crippen LogP contribution in [-0.4, -0.2) is 48.9 Å². The van der Waals surface area contributed by atoms with Gasteiger partial charge in [-0.2, -0.15) is 13.2 Å². The fraction of sp³-hybridized carbons (Fsp3) is 0.261. The van der Waals surface area contributed by atoms with Crippen molar-refractivity contribution >= 4 is 22.7 Å². The molecular weight excluding hydrogens is 479 g/mol. The van der Waals surface area contributed by atoms with Gasteiger partial charge in [0.05, 0.1) is 24.7 Å². The average Bonchev–Trinajstić information content (AvgIpc) is 3.43. The number of methoxy groups -OCH3 is 1. The van der Waals surface area contributed by atoms with Crippen LogP contribution in [0.1, 0.15) is 34.2 Å². The number of imidazole rings is 1. The maximum absolute atomic E-state index is 13.2. The molecule has 0 spiro atoms. The first kappa shape index (κ1) is 24.7. The van der Waals surface area contributed by atoms with Crippen LogP contribution in [0, 0.1) is 6.92 Å². The zero-order valence-corrected chi connectivity index (χ0v) is 19.7. The van der Waals surface area contributed by atoms with Gasteiger partial charge in [-0.05, 0) is 32.0 Å². The predicted octanol–water partition coefficient (Wildman–Crippen LogP) is 3.40. The number of aryl methyl sites for hydroxylation is 2. The summed E-state index contributed by atoms with van der Waals surface area (Å²) in [7, 11) is 3.03. The van der Waals surface area contributed by atoms with Crippen molar-refractivity contribution in [1.29, 1.82) is 0 Å². The molecule has 1 atom stereocenters. The number of oxime groups is 1. The topological polar surface area (TPSA) is 122 Å². The number of halogens is 3. The number of carbonyl (C=O) groups is 1. The predicted molar refractivity (Wildman–Crippen MR) is 124 cm³/mol. The second-order valence-electron chi connectivity index (χ2n) is 7.98. The fourth-order valence-corrected chi connectivity index (χ4v) is 3.54. The lowest BCUT2D eigenvalue weighted by Crippen LogP contribution is -2.22. The highest BCUT2D eigenvalue weighted by Crippen LogP contribution is 2.32. The number of ether oxygens (including phenoxy) is 1. The van der Waals surface area contributed by atoms with Crippen LogP contribution in [0.3, 0.4) is 0 Å². The molecule has 10 nitrogen and oxygen atoms in total. The van der Waals surface area contributed by atoms with Gasteiger partial charge in [0, 0.05) is 36.6 Å². The smallest absolute Gasteiger partial charge is 0.417 e. The Morgan fingerprint density at radius 1 is 1.22 bits per heavy atom. The molecule has 0 aromatic carbocycles. The molecule has 4 rings (SSSR count). The number of carbonyl (C=O) groups excluding carboxylic acids is 1. The average molecular weight is 501 g/mol. The van der Waals surface area contributed by atoms with Crippen molar-refractivity contribution in [1.82, 2.24) is 24.1 Å². The van der Waals surface area contributed by atoms with Gasteiger partial charge < -0.3 is 24.4 Å². The number of amidine groups is 1. The third kappa shape index (κ3) is 4.72. The molecule has 4 aromatic rings. The summed E-state index contributed by atoms with van der Waals surface area (Å²) >= 11 is 0. The van der Waals surface area contributed by atoms with Crippen LogP contribution in [0.5, 0.6) is 5.88 Å². The van der Waals surface area contributed by atoms with Crippen LogP contribution < -0.4 is 10.5 Å². The Morgan fingerprint density at radius 2 is 1.97 bits per heavy atom. The highest BCUT2D eigenvalue weighted by Gasteiger charge is 2.32. The number of hydrogen-bond donors (Lipinski definition) is 1. The zero-order valence-electron chi connectivity index (χ0n) is 19.7.